The highest BCUT2D eigenvalue weighted by Crippen LogP contribution is 2.43. The number of fused-ring (bicyclic) bond motifs is 2. The molecule has 0 saturated carbocycles. The first-order chi connectivity index (χ1) is 15.5. The summed E-state index contributed by atoms with van der Waals surface area (Å²) in [6.07, 6.45) is 0. The van der Waals surface area contributed by atoms with Gasteiger partial charge in [0.2, 0.25) is 0 Å². The lowest BCUT2D eigenvalue weighted by molar-refractivity contribution is 0.0591. The van der Waals surface area contributed by atoms with Crippen molar-refractivity contribution in [2.45, 2.75) is 10.7 Å². The fraction of sp³-hybridized carbons (Fsp3) is 0.154. The summed E-state index contributed by atoms with van der Waals surface area (Å²) in [4.78, 5) is 25.5. The number of rotatable bonds is 5. The van der Waals surface area contributed by atoms with Gasteiger partial charge in [-0.2, -0.15) is 0 Å². The maximum Gasteiger partial charge on any atom is 0.338 e. The lowest BCUT2D eigenvalue weighted by atomic mass is 9.84. The van der Waals surface area contributed by atoms with E-state index in [2.05, 4.69) is 31.9 Å². The first kappa shape index (κ1) is 22.5. The maximum atomic E-state index is 12.7. The smallest absolute Gasteiger partial charge is 0.338 e. The van der Waals surface area contributed by atoms with Gasteiger partial charge in [-0.05, 0) is 55.9 Å². The van der Waals surface area contributed by atoms with E-state index in [1.165, 1.54) is 14.2 Å². The van der Waals surface area contributed by atoms with E-state index in [0.29, 0.717) is 21.8 Å². The second-order valence-electron chi connectivity index (χ2n) is 7.25. The van der Waals surface area contributed by atoms with Gasteiger partial charge in [-0.25, -0.2) is 9.59 Å². The molecule has 0 radical (unpaired) electrons. The van der Waals surface area contributed by atoms with Gasteiger partial charge in [0.25, 0.3) is 0 Å². The number of alkyl halides is 2. The molecule has 0 N–H and O–H groups in total. The Labute approximate surface area is 202 Å². The van der Waals surface area contributed by atoms with E-state index in [-0.39, 0.29) is 0 Å². The Morgan fingerprint density at radius 2 is 1.06 bits per heavy atom. The number of hydrogen-bond acceptors (Lipinski definition) is 4. The third-order valence-corrected chi connectivity index (χ3v) is 6.76. The van der Waals surface area contributed by atoms with Gasteiger partial charge in [-0.1, -0.05) is 80.4 Å². The Kier molecular flexibility index (Phi) is 6.63. The fourth-order valence-corrected chi connectivity index (χ4v) is 5.38. The average Bonchev–Trinajstić information content (AvgIpc) is 2.85. The maximum absolute atomic E-state index is 12.7. The van der Waals surface area contributed by atoms with Crippen molar-refractivity contribution in [3.05, 3.63) is 82.9 Å². The van der Waals surface area contributed by atoms with Crippen LogP contribution in [0, 0.1) is 0 Å². The molecule has 4 aromatic rings. The Balaban J connectivity index is 2.28. The first-order valence-electron chi connectivity index (χ1n) is 9.93. The molecule has 0 spiro atoms. The number of ether oxygens (including phenoxy) is 2. The summed E-state index contributed by atoms with van der Waals surface area (Å²) in [5.41, 5.74) is 4.40. The molecule has 4 nitrogen and oxygen atoms in total. The molecular formula is C26H20Br2O4. The summed E-state index contributed by atoms with van der Waals surface area (Å²) in [5.74, 6) is -0.805. The quantitative estimate of drug-likeness (QED) is 0.196. The van der Waals surface area contributed by atoms with Crippen molar-refractivity contribution in [2.24, 2.45) is 0 Å². The van der Waals surface area contributed by atoms with E-state index in [1.54, 1.807) is 0 Å². The van der Waals surface area contributed by atoms with Crippen LogP contribution in [-0.2, 0) is 20.1 Å². The van der Waals surface area contributed by atoms with Crippen LogP contribution in [0.3, 0.4) is 0 Å². The molecule has 162 valence electrons. The molecule has 0 aliphatic carbocycles. The lowest BCUT2D eigenvalue weighted by Crippen LogP contribution is -2.10. The third kappa shape index (κ3) is 3.71. The molecule has 0 saturated heterocycles. The molecule has 32 heavy (non-hydrogen) atoms. The zero-order valence-electron chi connectivity index (χ0n) is 17.6. The van der Waals surface area contributed by atoms with Gasteiger partial charge in [0, 0.05) is 10.7 Å². The second kappa shape index (κ2) is 9.43. The molecule has 6 heteroatoms. The van der Waals surface area contributed by atoms with E-state index < -0.39 is 11.9 Å². The molecule has 4 rings (SSSR count). The summed E-state index contributed by atoms with van der Waals surface area (Å²) < 4.78 is 10.2. The number of benzene rings is 4. The minimum Gasteiger partial charge on any atom is -0.465 e. The van der Waals surface area contributed by atoms with Crippen LogP contribution < -0.4 is 0 Å². The van der Waals surface area contributed by atoms with Crippen molar-refractivity contribution in [3.8, 4) is 11.1 Å². The van der Waals surface area contributed by atoms with Crippen LogP contribution >= 0.6 is 31.9 Å². The summed E-state index contributed by atoms with van der Waals surface area (Å²) >= 11 is 7.20. The number of carbonyl (C=O) groups excluding carboxylic acids is 2. The van der Waals surface area contributed by atoms with Crippen LogP contribution in [0.15, 0.2) is 60.7 Å². The molecule has 4 aromatic carbocycles. The molecular weight excluding hydrogens is 536 g/mol. The lowest BCUT2D eigenvalue weighted by Gasteiger charge is -2.21. The Bertz CT molecular complexity index is 1260. The number of carbonyl (C=O) groups is 2. The van der Waals surface area contributed by atoms with Crippen molar-refractivity contribution < 1.29 is 19.1 Å². The minimum absolute atomic E-state index is 0.403. The zero-order chi connectivity index (χ0) is 22.8. The molecule has 0 amide bonds. The second-order valence-corrected chi connectivity index (χ2v) is 8.37. The van der Waals surface area contributed by atoms with Crippen LogP contribution in [0.5, 0.6) is 0 Å². The van der Waals surface area contributed by atoms with Crippen molar-refractivity contribution in [1.29, 1.82) is 0 Å². The predicted octanol–water partition coefficient (Wildman–Crippen LogP) is 7.02. The van der Waals surface area contributed by atoms with Crippen molar-refractivity contribution in [2.75, 3.05) is 14.2 Å². The van der Waals surface area contributed by atoms with Crippen LogP contribution in [0.25, 0.3) is 32.7 Å². The summed E-state index contributed by atoms with van der Waals surface area (Å²) in [7, 11) is 2.76. The molecule has 0 heterocycles. The third-order valence-electron chi connectivity index (χ3n) is 5.64. The van der Waals surface area contributed by atoms with Gasteiger partial charge in [0.15, 0.2) is 0 Å². The standard InChI is InChI=1S/C26H20Br2O4/c1-31-25(29)19-11-15-7-3-5-9-17(15)23(21(19)13-27)24-18-10-6-4-8-16(18)12-20(22(24)14-28)26(30)32-2/h3-12H,13-14H2,1-2H3. The fourth-order valence-electron chi connectivity index (χ4n) is 4.21. The van der Waals surface area contributed by atoms with Crippen LogP contribution in [0.1, 0.15) is 31.8 Å². The number of methoxy groups -OCH3 is 2. The number of esters is 2. The van der Waals surface area contributed by atoms with Gasteiger partial charge < -0.3 is 9.47 Å². The highest BCUT2D eigenvalue weighted by molar-refractivity contribution is 9.08. The van der Waals surface area contributed by atoms with Crippen LogP contribution in [0.2, 0.25) is 0 Å². The molecule has 0 aliphatic rings. The monoisotopic (exact) mass is 554 g/mol. The van der Waals surface area contributed by atoms with Crippen molar-refractivity contribution in [3.63, 3.8) is 0 Å². The number of halogens is 2. The van der Waals surface area contributed by atoms with Gasteiger partial charge in [-0.15, -0.1) is 0 Å². The molecule has 0 fully saturated rings. The van der Waals surface area contributed by atoms with Crippen molar-refractivity contribution in [1.82, 2.24) is 0 Å². The van der Waals surface area contributed by atoms with E-state index in [9.17, 15) is 9.59 Å². The van der Waals surface area contributed by atoms with E-state index in [0.717, 1.165) is 43.8 Å². The molecule has 0 unspecified atom stereocenters. The summed E-state index contributed by atoms with van der Waals surface area (Å²) in [6, 6.07) is 19.6. The molecule has 0 aliphatic heterocycles. The van der Waals surface area contributed by atoms with E-state index >= 15 is 0 Å². The molecule has 0 bridgehead atoms. The highest BCUT2D eigenvalue weighted by Gasteiger charge is 2.25. The summed E-state index contributed by atoms with van der Waals surface area (Å²) in [6.45, 7) is 0. The Morgan fingerprint density at radius 3 is 1.41 bits per heavy atom. The Morgan fingerprint density at radius 1 is 0.688 bits per heavy atom. The van der Waals surface area contributed by atoms with E-state index in [1.807, 2.05) is 60.7 Å². The van der Waals surface area contributed by atoms with Crippen LogP contribution in [-0.4, -0.2) is 26.2 Å². The van der Waals surface area contributed by atoms with Gasteiger partial charge in [0.1, 0.15) is 0 Å². The topological polar surface area (TPSA) is 52.6 Å². The highest BCUT2D eigenvalue weighted by atomic mass is 79.9. The van der Waals surface area contributed by atoms with Gasteiger partial charge >= 0.3 is 11.9 Å². The minimum atomic E-state index is -0.403. The van der Waals surface area contributed by atoms with E-state index in [4.69, 9.17) is 9.47 Å². The normalized spacial score (nSPS) is 11.0. The van der Waals surface area contributed by atoms with Crippen LogP contribution in [0.4, 0.5) is 0 Å². The predicted molar refractivity (Wildman–Crippen MR) is 135 cm³/mol. The van der Waals surface area contributed by atoms with Gasteiger partial charge in [0.05, 0.1) is 25.3 Å². The molecule has 0 atom stereocenters. The number of hydrogen-bond donors (Lipinski definition) is 0. The largest absolute Gasteiger partial charge is 0.465 e. The first-order valence-corrected chi connectivity index (χ1v) is 12.2. The SMILES string of the molecule is COC(=O)c1cc2ccccc2c(-c2c(CBr)c(C(=O)OC)cc3ccccc23)c1CBr. The Hall–Kier alpha value is -2.70. The van der Waals surface area contributed by atoms with Crippen molar-refractivity contribution >= 4 is 65.3 Å². The summed E-state index contributed by atoms with van der Waals surface area (Å²) in [5, 5.41) is 4.70. The molecule has 0 aromatic heterocycles. The zero-order valence-corrected chi connectivity index (χ0v) is 20.7. The average molecular weight is 556 g/mol. The van der Waals surface area contributed by atoms with Gasteiger partial charge in [-0.3, -0.25) is 0 Å².